The van der Waals surface area contributed by atoms with Gasteiger partial charge in [-0.25, -0.2) is 0 Å². The second kappa shape index (κ2) is 12.9. The summed E-state index contributed by atoms with van der Waals surface area (Å²) in [5, 5.41) is 24.1. The van der Waals surface area contributed by atoms with Gasteiger partial charge in [-0.2, -0.15) is 0 Å². The third-order valence-electron chi connectivity index (χ3n) is 3.49. The molecule has 164 valence electrons. The number of carboxylic acid groups (broad SMARTS) is 2. The summed E-state index contributed by atoms with van der Waals surface area (Å²) in [6.07, 6.45) is -0.185. The number of nitrogens with zero attached hydrogens (tertiary/aromatic N) is 1. The van der Waals surface area contributed by atoms with Crippen LogP contribution >= 0.6 is 0 Å². The molecule has 0 aromatic rings. The van der Waals surface area contributed by atoms with Gasteiger partial charge in [-0.05, 0) is 19.8 Å². The van der Waals surface area contributed by atoms with Crippen LogP contribution in [0.1, 0.15) is 26.2 Å². The van der Waals surface area contributed by atoms with E-state index in [9.17, 15) is 24.0 Å². The zero-order valence-electron chi connectivity index (χ0n) is 15.9. The van der Waals surface area contributed by atoms with E-state index in [0.29, 0.717) is 6.42 Å². The van der Waals surface area contributed by atoms with Gasteiger partial charge in [-0.3, -0.25) is 29.0 Å². The van der Waals surface area contributed by atoms with E-state index in [1.807, 2.05) is 0 Å². The van der Waals surface area contributed by atoms with Crippen molar-refractivity contribution in [1.29, 1.82) is 0 Å². The van der Waals surface area contributed by atoms with Crippen LogP contribution in [-0.4, -0.2) is 77.0 Å². The zero-order valence-corrected chi connectivity index (χ0v) is 15.9. The summed E-state index contributed by atoms with van der Waals surface area (Å²) >= 11 is 0. The fourth-order valence-corrected chi connectivity index (χ4v) is 1.96. The molecule has 0 aliphatic heterocycles. The first-order valence-corrected chi connectivity index (χ1v) is 8.57. The number of carboxylic acids is 2. The number of rotatable bonds is 13. The van der Waals surface area contributed by atoms with Gasteiger partial charge in [0.05, 0.1) is 19.0 Å². The van der Waals surface area contributed by atoms with Crippen LogP contribution in [0.3, 0.4) is 0 Å². The molecule has 0 heterocycles. The molecular formula is C15H27N7O7. The number of nitrogens with two attached hydrogens (primary N) is 3. The van der Waals surface area contributed by atoms with Crippen LogP contribution in [0, 0.1) is 0 Å². The second-order valence-electron chi connectivity index (χ2n) is 6.06. The Hall–Kier alpha value is -3.42. The Morgan fingerprint density at radius 2 is 1.66 bits per heavy atom. The second-order valence-corrected chi connectivity index (χ2v) is 6.06. The molecule has 3 unspecified atom stereocenters. The highest BCUT2D eigenvalue weighted by Gasteiger charge is 2.26. The maximum absolute atomic E-state index is 12.1. The first-order valence-electron chi connectivity index (χ1n) is 8.57. The van der Waals surface area contributed by atoms with E-state index in [-0.39, 0.29) is 18.9 Å². The monoisotopic (exact) mass is 417 g/mol. The number of aliphatic imine (C=N–C) groups is 1. The molecular weight excluding hydrogens is 390 g/mol. The van der Waals surface area contributed by atoms with Crippen molar-refractivity contribution in [3.05, 3.63) is 0 Å². The number of guanidine groups is 1. The van der Waals surface area contributed by atoms with Crippen molar-refractivity contribution in [1.82, 2.24) is 16.0 Å². The van der Waals surface area contributed by atoms with Crippen molar-refractivity contribution < 1.29 is 34.2 Å². The Kier molecular flexibility index (Phi) is 11.4. The van der Waals surface area contributed by atoms with E-state index >= 15 is 0 Å². The standard InChI is InChI=1S/C15H27N7O7/c1-7(14(28)29)21-10(23)6-20-13(27)9(5-11(24)25)22-12(26)8(16)3-2-4-19-15(17)18/h7-9H,2-6,16H2,1H3,(H,20,27)(H,21,23)(H,22,26)(H,24,25)(H,28,29)(H4,17,18,19). The summed E-state index contributed by atoms with van der Waals surface area (Å²) in [6, 6.07) is -3.69. The van der Waals surface area contributed by atoms with Gasteiger partial charge >= 0.3 is 11.9 Å². The Bertz CT molecular complexity index is 649. The average molecular weight is 417 g/mol. The lowest BCUT2D eigenvalue weighted by Gasteiger charge is -2.19. The minimum Gasteiger partial charge on any atom is -0.481 e. The van der Waals surface area contributed by atoms with Gasteiger partial charge in [-0.15, -0.1) is 0 Å². The Morgan fingerprint density at radius 1 is 1.03 bits per heavy atom. The third kappa shape index (κ3) is 11.8. The van der Waals surface area contributed by atoms with Crippen molar-refractivity contribution in [3.63, 3.8) is 0 Å². The van der Waals surface area contributed by atoms with E-state index < -0.39 is 60.8 Å². The van der Waals surface area contributed by atoms with E-state index in [0.717, 1.165) is 0 Å². The summed E-state index contributed by atoms with van der Waals surface area (Å²) in [5.74, 6) is -5.25. The van der Waals surface area contributed by atoms with Gasteiger partial charge in [0.1, 0.15) is 12.1 Å². The number of hydrogen-bond donors (Lipinski definition) is 8. The predicted octanol–water partition coefficient (Wildman–Crippen LogP) is -3.97. The van der Waals surface area contributed by atoms with Crippen LogP contribution < -0.4 is 33.2 Å². The van der Waals surface area contributed by atoms with Crippen molar-refractivity contribution in [2.45, 2.75) is 44.3 Å². The molecule has 0 bridgehead atoms. The first kappa shape index (κ1) is 25.6. The highest BCUT2D eigenvalue weighted by Crippen LogP contribution is 1.99. The molecule has 0 aromatic heterocycles. The lowest BCUT2D eigenvalue weighted by Crippen LogP contribution is -2.54. The van der Waals surface area contributed by atoms with E-state index in [2.05, 4.69) is 20.9 Å². The predicted molar refractivity (Wildman–Crippen MR) is 100 cm³/mol. The molecule has 14 heteroatoms. The Balaban J connectivity index is 4.69. The summed E-state index contributed by atoms with van der Waals surface area (Å²) in [5.41, 5.74) is 16.0. The van der Waals surface area contributed by atoms with Gasteiger partial charge in [0.2, 0.25) is 17.7 Å². The average Bonchev–Trinajstić information content (AvgIpc) is 2.61. The number of hydrogen-bond acceptors (Lipinski definition) is 7. The fraction of sp³-hybridized carbons (Fsp3) is 0.600. The van der Waals surface area contributed by atoms with Gasteiger partial charge < -0.3 is 43.4 Å². The molecule has 0 radical (unpaired) electrons. The molecule has 0 aliphatic rings. The highest BCUT2D eigenvalue weighted by molar-refractivity contribution is 5.94. The van der Waals surface area contributed by atoms with Crippen molar-refractivity contribution >= 4 is 35.6 Å². The van der Waals surface area contributed by atoms with E-state index in [1.165, 1.54) is 6.92 Å². The quantitative estimate of drug-likeness (QED) is 0.0819. The zero-order chi connectivity index (χ0) is 22.6. The topological polar surface area (TPSA) is 252 Å². The lowest BCUT2D eigenvalue weighted by atomic mass is 10.1. The third-order valence-corrected chi connectivity index (χ3v) is 3.49. The number of aliphatic carboxylic acids is 2. The van der Waals surface area contributed by atoms with Crippen LogP contribution in [0.5, 0.6) is 0 Å². The fourth-order valence-electron chi connectivity index (χ4n) is 1.96. The van der Waals surface area contributed by atoms with Gasteiger partial charge in [0.15, 0.2) is 5.96 Å². The molecule has 0 rings (SSSR count). The maximum atomic E-state index is 12.1. The van der Waals surface area contributed by atoms with Crippen molar-refractivity contribution in [3.8, 4) is 0 Å². The SMILES string of the molecule is CC(NC(=O)CNC(=O)C(CC(=O)O)NC(=O)C(N)CCCN=C(N)N)C(=O)O. The molecule has 0 saturated carbocycles. The van der Waals surface area contributed by atoms with Crippen LogP contribution in [-0.2, 0) is 24.0 Å². The number of nitrogens with one attached hydrogen (secondary N) is 3. The molecule has 0 saturated heterocycles. The molecule has 14 nitrogen and oxygen atoms in total. The Labute approximate surface area is 166 Å². The minimum atomic E-state index is -1.48. The van der Waals surface area contributed by atoms with Gasteiger partial charge in [-0.1, -0.05) is 0 Å². The number of carbonyl (C=O) groups excluding carboxylic acids is 3. The van der Waals surface area contributed by atoms with Gasteiger partial charge in [0, 0.05) is 6.54 Å². The highest BCUT2D eigenvalue weighted by atomic mass is 16.4. The van der Waals surface area contributed by atoms with Crippen LogP contribution in [0.2, 0.25) is 0 Å². The number of carbonyl (C=O) groups is 5. The van der Waals surface area contributed by atoms with E-state index in [4.69, 9.17) is 27.4 Å². The lowest BCUT2D eigenvalue weighted by molar-refractivity contribution is -0.142. The summed E-state index contributed by atoms with van der Waals surface area (Å²) in [7, 11) is 0. The van der Waals surface area contributed by atoms with Gasteiger partial charge in [0.25, 0.3) is 0 Å². The van der Waals surface area contributed by atoms with Crippen LogP contribution in [0.25, 0.3) is 0 Å². The molecule has 0 aliphatic carbocycles. The summed E-state index contributed by atoms with van der Waals surface area (Å²) in [6.45, 7) is 0.864. The van der Waals surface area contributed by atoms with Crippen LogP contribution in [0.4, 0.5) is 0 Å². The maximum Gasteiger partial charge on any atom is 0.325 e. The molecule has 0 fully saturated rings. The normalized spacial score (nSPS) is 13.3. The molecule has 3 amide bonds. The largest absolute Gasteiger partial charge is 0.481 e. The molecule has 29 heavy (non-hydrogen) atoms. The Morgan fingerprint density at radius 3 is 2.17 bits per heavy atom. The molecule has 0 spiro atoms. The minimum absolute atomic E-state index is 0.108. The van der Waals surface area contributed by atoms with Crippen LogP contribution in [0.15, 0.2) is 4.99 Å². The first-order chi connectivity index (χ1) is 13.4. The molecule has 0 aromatic carbocycles. The smallest absolute Gasteiger partial charge is 0.325 e. The molecule has 3 atom stereocenters. The van der Waals surface area contributed by atoms with Crippen molar-refractivity contribution in [2.75, 3.05) is 13.1 Å². The van der Waals surface area contributed by atoms with E-state index in [1.54, 1.807) is 0 Å². The van der Waals surface area contributed by atoms with Crippen molar-refractivity contribution in [2.24, 2.45) is 22.2 Å². The summed E-state index contributed by atoms with van der Waals surface area (Å²) in [4.78, 5) is 61.1. The molecule has 11 N–H and O–H groups in total. The number of amides is 3. The summed E-state index contributed by atoms with van der Waals surface area (Å²) < 4.78 is 0.